The molecule has 0 unspecified atom stereocenters. The fraction of sp³-hybridized carbons (Fsp3) is 0.375. The van der Waals surface area contributed by atoms with Crippen molar-refractivity contribution in [1.29, 1.82) is 0 Å². The van der Waals surface area contributed by atoms with Gasteiger partial charge in [-0.05, 0) is 24.1 Å². The fourth-order valence-corrected chi connectivity index (χ4v) is 3.70. The summed E-state index contributed by atoms with van der Waals surface area (Å²) >= 11 is 1.79. The molecular formula is C16H19NO2S. The zero-order valence-corrected chi connectivity index (χ0v) is 12.1. The SMILES string of the molecule is OC[C@]1(O)CCN(Cc2ccc(-c3ccccc3)s2)C1. The smallest absolute Gasteiger partial charge is 0.102 e. The Morgan fingerprint density at radius 3 is 2.65 bits per heavy atom. The van der Waals surface area contributed by atoms with Crippen LogP contribution in [0, 0.1) is 0 Å². The Bertz CT molecular complexity index is 569. The highest BCUT2D eigenvalue weighted by atomic mass is 32.1. The Morgan fingerprint density at radius 1 is 1.15 bits per heavy atom. The molecule has 1 aromatic heterocycles. The largest absolute Gasteiger partial charge is 0.393 e. The van der Waals surface area contributed by atoms with E-state index in [1.807, 2.05) is 6.07 Å². The van der Waals surface area contributed by atoms with Crippen LogP contribution in [0.25, 0.3) is 10.4 Å². The maximum Gasteiger partial charge on any atom is 0.102 e. The van der Waals surface area contributed by atoms with Crippen molar-refractivity contribution in [1.82, 2.24) is 4.90 Å². The second kappa shape index (κ2) is 5.66. The van der Waals surface area contributed by atoms with Gasteiger partial charge in [0.25, 0.3) is 0 Å². The van der Waals surface area contributed by atoms with Crippen LogP contribution < -0.4 is 0 Å². The molecule has 2 aromatic rings. The average Bonchev–Trinajstić information content (AvgIpc) is 3.08. The molecule has 1 aromatic carbocycles. The van der Waals surface area contributed by atoms with Crippen molar-refractivity contribution < 1.29 is 10.2 Å². The van der Waals surface area contributed by atoms with Crippen LogP contribution >= 0.6 is 11.3 Å². The van der Waals surface area contributed by atoms with Gasteiger partial charge in [-0.15, -0.1) is 11.3 Å². The van der Waals surface area contributed by atoms with Gasteiger partial charge in [0.1, 0.15) is 5.60 Å². The van der Waals surface area contributed by atoms with Crippen molar-refractivity contribution in [2.75, 3.05) is 19.7 Å². The van der Waals surface area contributed by atoms with Crippen molar-refractivity contribution in [2.45, 2.75) is 18.6 Å². The topological polar surface area (TPSA) is 43.7 Å². The highest BCUT2D eigenvalue weighted by molar-refractivity contribution is 7.15. The van der Waals surface area contributed by atoms with Gasteiger partial charge in [-0.2, -0.15) is 0 Å². The van der Waals surface area contributed by atoms with E-state index in [2.05, 4.69) is 41.3 Å². The summed E-state index contributed by atoms with van der Waals surface area (Å²) in [6.07, 6.45) is 0.653. The first kappa shape index (κ1) is 13.8. The average molecular weight is 289 g/mol. The van der Waals surface area contributed by atoms with Crippen LogP contribution in [0.5, 0.6) is 0 Å². The molecule has 3 rings (SSSR count). The van der Waals surface area contributed by atoms with Gasteiger partial charge in [0, 0.05) is 29.4 Å². The zero-order chi connectivity index (χ0) is 14.0. The van der Waals surface area contributed by atoms with Crippen LogP contribution in [-0.2, 0) is 6.54 Å². The number of hydrogen-bond acceptors (Lipinski definition) is 4. The number of β-amino-alcohol motifs (C(OH)–C–C–N with tert-alkyl or cyclic N) is 1. The number of benzene rings is 1. The van der Waals surface area contributed by atoms with E-state index in [0.717, 1.165) is 13.1 Å². The highest BCUT2D eigenvalue weighted by Crippen LogP contribution is 2.30. The van der Waals surface area contributed by atoms with E-state index >= 15 is 0 Å². The summed E-state index contributed by atoms with van der Waals surface area (Å²) in [5, 5.41) is 19.2. The van der Waals surface area contributed by atoms with Gasteiger partial charge in [0.05, 0.1) is 6.61 Å². The van der Waals surface area contributed by atoms with E-state index in [1.165, 1.54) is 15.3 Å². The number of rotatable bonds is 4. The molecule has 2 heterocycles. The zero-order valence-electron chi connectivity index (χ0n) is 11.3. The molecular weight excluding hydrogens is 270 g/mol. The second-order valence-electron chi connectivity index (χ2n) is 5.48. The normalized spacial score (nSPS) is 23.3. The van der Waals surface area contributed by atoms with E-state index < -0.39 is 5.60 Å². The molecule has 0 bridgehead atoms. The van der Waals surface area contributed by atoms with Crippen molar-refractivity contribution in [3.63, 3.8) is 0 Å². The number of hydrogen-bond donors (Lipinski definition) is 2. The quantitative estimate of drug-likeness (QED) is 0.908. The Balaban J connectivity index is 1.67. The number of aliphatic hydroxyl groups is 2. The van der Waals surface area contributed by atoms with E-state index in [4.69, 9.17) is 0 Å². The number of likely N-dealkylation sites (tertiary alicyclic amines) is 1. The number of aliphatic hydroxyl groups excluding tert-OH is 1. The lowest BCUT2D eigenvalue weighted by atomic mass is 10.1. The molecule has 1 aliphatic heterocycles. The first-order valence-electron chi connectivity index (χ1n) is 6.88. The monoisotopic (exact) mass is 289 g/mol. The molecule has 0 saturated carbocycles. The molecule has 1 saturated heterocycles. The molecule has 1 fully saturated rings. The van der Waals surface area contributed by atoms with Gasteiger partial charge in [0.15, 0.2) is 0 Å². The Hall–Kier alpha value is -1.20. The molecule has 4 heteroatoms. The minimum atomic E-state index is -0.903. The van der Waals surface area contributed by atoms with Crippen LogP contribution in [0.1, 0.15) is 11.3 Å². The van der Waals surface area contributed by atoms with E-state index in [1.54, 1.807) is 11.3 Å². The predicted octanol–water partition coefficient (Wildman–Crippen LogP) is 2.34. The van der Waals surface area contributed by atoms with E-state index in [0.29, 0.717) is 13.0 Å². The standard InChI is InChI=1S/C16H19NO2S/c18-12-16(19)8-9-17(11-16)10-14-6-7-15(20-14)13-4-2-1-3-5-13/h1-7,18-19H,8-12H2/t16-/m0/s1. The first-order chi connectivity index (χ1) is 9.68. The van der Waals surface area contributed by atoms with Gasteiger partial charge >= 0.3 is 0 Å². The summed E-state index contributed by atoms with van der Waals surface area (Å²) in [6.45, 7) is 2.10. The lowest BCUT2D eigenvalue weighted by molar-refractivity contribution is -0.00574. The fourth-order valence-electron chi connectivity index (χ4n) is 2.65. The second-order valence-corrected chi connectivity index (χ2v) is 6.64. The molecule has 0 radical (unpaired) electrons. The maximum absolute atomic E-state index is 10.0. The summed E-state index contributed by atoms with van der Waals surface area (Å²) < 4.78 is 0. The third-order valence-electron chi connectivity index (χ3n) is 3.81. The van der Waals surface area contributed by atoms with Crippen LogP contribution in [0.2, 0.25) is 0 Å². The van der Waals surface area contributed by atoms with Gasteiger partial charge in [-0.3, -0.25) is 4.90 Å². The number of thiophene rings is 1. The van der Waals surface area contributed by atoms with E-state index in [-0.39, 0.29) is 6.61 Å². The summed E-state index contributed by atoms with van der Waals surface area (Å²) in [5.41, 5.74) is 0.344. The molecule has 2 N–H and O–H groups in total. The predicted molar refractivity (Wildman–Crippen MR) is 81.7 cm³/mol. The molecule has 1 atom stereocenters. The van der Waals surface area contributed by atoms with E-state index in [9.17, 15) is 10.2 Å². The number of nitrogens with zero attached hydrogens (tertiary/aromatic N) is 1. The van der Waals surface area contributed by atoms with Crippen molar-refractivity contribution >= 4 is 11.3 Å². The molecule has 0 amide bonds. The molecule has 3 nitrogen and oxygen atoms in total. The molecule has 1 aliphatic rings. The minimum Gasteiger partial charge on any atom is -0.393 e. The van der Waals surface area contributed by atoms with Crippen LogP contribution in [0.15, 0.2) is 42.5 Å². The van der Waals surface area contributed by atoms with Gasteiger partial charge in [0.2, 0.25) is 0 Å². The summed E-state index contributed by atoms with van der Waals surface area (Å²) in [5.74, 6) is 0. The Morgan fingerprint density at radius 2 is 1.95 bits per heavy atom. The Labute approximate surface area is 123 Å². The van der Waals surface area contributed by atoms with Crippen molar-refractivity contribution in [3.05, 3.63) is 47.3 Å². The van der Waals surface area contributed by atoms with Crippen molar-refractivity contribution in [3.8, 4) is 10.4 Å². The molecule has 0 spiro atoms. The van der Waals surface area contributed by atoms with Crippen LogP contribution in [-0.4, -0.2) is 40.4 Å². The molecule has 20 heavy (non-hydrogen) atoms. The van der Waals surface area contributed by atoms with Gasteiger partial charge in [-0.25, -0.2) is 0 Å². The first-order valence-corrected chi connectivity index (χ1v) is 7.70. The summed E-state index contributed by atoms with van der Waals surface area (Å²) in [7, 11) is 0. The van der Waals surface area contributed by atoms with Crippen LogP contribution in [0.4, 0.5) is 0 Å². The van der Waals surface area contributed by atoms with Crippen molar-refractivity contribution in [2.24, 2.45) is 0 Å². The van der Waals surface area contributed by atoms with Gasteiger partial charge < -0.3 is 10.2 Å². The third kappa shape index (κ3) is 2.94. The lowest BCUT2D eigenvalue weighted by Crippen LogP contribution is -2.36. The van der Waals surface area contributed by atoms with Crippen LogP contribution in [0.3, 0.4) is 0 Å². The minimum absolute atomic E-state index is 0.150. The lowest BCUT2D eigenvalue weighted by Gasteiger charge is -2.20. The molecule has 0 aliphatic carbocycles. The third-order valence-corrected chi connectivity index (χ3v) is 4.92. The summed E-state index contributed by atoms with van der Waals surface area (Å²) in [4.78, 5) is 4.78. The summed E-state index contributed by atoms with van der Waals surface area (Å²) in [6, 6.07) is 14.7. The van der Waals surface area contributed by atoms with Gasteiger partial charge in [-0.1, -0.05) is 30.3 Å². The molecule has 106 valence electrons. The Kier molecular flexibility index (Phi) is 3.89. The maximum atomic E-state index is 10.0. The highest BCUT2D eigenvalue weighted by Gasteiger charge is 2.35.